The highest BCUT2D eigenvalue weighted by Gasteiger charge is 2.13. The Kier molecular flexibility index (Phi) is 17.4. The molecule has 0 fully saturated rings. The highest BCUT2D eigenvalue weighted by molar-refractivity contribution is 5.96. The molecule has 0 saturated carbocycles. The number of ether oxygens (including phenoxy) is 4. The molecule has 0 aromatic rings. The van der Waals surface area contributed by atoms with Crippen molar-refractivity contribution in [3.63, 3.8) is 0 Å². The second kappa shape index (κ2) is 19.0. The number of unbranched alkanes of at least 4 members (excludes halogenated alkanes) is 2. The minimum absolute atomic E-state index is 0.0179. The molecule has 0 atom stereocenters. The minimum atomic E-state index is -1.19. The Labute approximate surface area is 188 Å². The molecule has 2 N–H and O–H groups in total. The first-order valence-corrected chi connectivity index (χ1v) is 10.7. The van der Waals surface area contributed by atoms with Gasteiger partial charge in [-0.25, -0.2) is 19.2 Å². The average Bonchev–Trinajstić information content (AvgIpc) is 2.74. The summed E-state index contributed by atoms with van der Waals surface area (Å²) in [6.45, 7) is 4.53. The molecule has 182 valence electrons. The fourth-order valence-electron chi connectivity index (χ4n) is 2.39. The quantitative estimate of drug-likeness (QED) is 0.168. The zero-order valence-electron chi connectivity index (χ0n) is 18.8. The first kappa shape index (κ1) is 29.3. The predicted octanol–water partition coefficient (Wildman–Crippen LogP) is 2.51. The molecule has 0 aliphatic carbocycles. The average molecular weight is 459 g/mol. The standard InChI is InChI=1S/C22H34O10/c1-3-5-7-17(15-19(23)24)21(27)31-13-11-29-9-10-30-12-14-32-22(28)18(8-6-4-2)16-20(25)26/h15-16H,3-14H2,1-2H3,(H,23,24)(H,25,26)/b17-15-,18-16-. The van der Waals surface area contributed by atoms with Crippen molar-refractivity contribution < 1.29 is 48.3 Å². The number of carboxylic acids is 2. The van der Waals surface area contributed by atoms with Gasteiger partial charge < -0.3 is 29.2 Å². The topological polar surface area (TPSA) is 146 Å². The van der Waals surface area contributed by atoms with Crippen LogP contribution in [0.5, 0.6) is 0 Å². The fourth-order valence-corrected chi connectivity index (χ4v) is 2.39. The summed E-state index contributed by atoms with van der Waals surface area (Å²) in [6.07, 6.45) is 5.44. The Morgan fingerprint density at radius 2 is 0.969 bits per heavy atom. The van der Waals surface area contributed by atoms with Gasteiger partial charge in [-0.2, -0.15) is 0 Å². The normalized spacial score (nSPS) is 11.8. The van der Waals surface area contributed by atoms with Crippen molar-refractivity contribution in [2.24, 2.45) is 0 Å². The summed E-state index contributed by atoms with van der Waals surface area (Å²) < 4.78 is 20.5. The number of carbonyl (C=O) groups excluding carboxylic acids is 2. The summed E-state index contributed by atoms with van der Waals surface area (Å²) >= 11 is 0. The summed E-state index contributed by atoms with van der Waals surface area (Å²) in [5, 5.41) is 17.6. The minimum Gasteiger partial charge on any atom is -0.478 e. The largest absolute Gasteiger partial charge is 0.478 e. The second-order valence-electron chi connectivity index (χ2n) is 6.72. The highest BCUT2D eigenvalue weighted by Crippen LogP contribution is 2.10. The molecule has 0 amide bonds. The number of esters is 2. The van der Waals surface area contributed by atoms with Crippen LogP contribution in [0.2, 0.25) is 0 Å². The number of hydrogen-bond donors (Lipinski definition) is 2. The van der Waals surface area contributed by atoms with Gasteiger partial charge in [0.05, 0.1) is 26.4 Å². The molecule has 10 heteroatoms. The molecule has 0 heterocycles. The van der Waals surface area contributed by atoms with Gasteiger partial charge in [0.15, 0.2) is 0 Å². The van der Waals surface area contributed by atoms with Crippen LogP contribution in [-0.2, 0) is 38.1 Å². The molecular weight excluding hydrogens is 424 g/mol. The van der Waals surface area contributed by atoms with E-state index >= 15 is 0 Å². The van der Waals surface area contributed by atoms with Gasteiger partial charge in [-0.1, -0.05) is 26.7 Å². The van der Waals surface area contributed by atoms with E-state index in [1.165, 1.54) is 0 Å². The molecule has 0 aromatic heterocycles. The first-order chi connectivity index (χ1) is 15.3. The third kappa shape index (κ3) is 16.0. The molecular formula is C22H34O10. The van der Waals surface area contributed by atoms with E-state index in [2.05, 4.69) is 0 Å². The Morgan fingerprint density at radius 3 is 1.28 bits per heavy atom. The molecule has 0 saturated heterocycles. The lowest BCUT2D eigenvalue weighted by Gasteiger charge is -2.09. The molecule has 0 spiro atoms. The van der Waals surface area contributed by atoms with Crippen molar-refractivity contribution in [1.82, 2.24) is 0 Å². The highest BCUT2D eigenvalue weighted by atomic mass is 16.6. The van der Waals surface area contributed by atoms with Gasteiger partial charge in [-0.05, 0) is 25.7 Å². The van der Waals surface area contributed by atoms with Gasteiger partial charge in [0, 0.05) is 23.3 Å². The molecule has 0 unspecified atom stereocenters. The van der Waals surface area contributed by atoms with Gasteiger partial charge in [0.1, 0.15) is 13.2 Å². The molecule has 0 aromatic carbocycles. The molecule has 0 radical (unpaired) electrons. The maximum atomic E-state index is 11.9. The van der Waals surface area contributed by atoms with Crippen molar-refractivity contribution in [1.29, 1.82) is 0 Å². The number of aliphatic carboxylic acids is 2. The maximum absolute atomic E-state index is 11.9. The lowest BCUT2D eigenvalue weighted by Crippen LogP contribution is -2.17. The van der Waals surface area contributed by atoms with Gasteiger partial charge in [0.25, 0.3) is 0 Å². The molecule has 0 aliphatic rings. The van der Waals surface area contributed by atoms with Gasteiger partial charge in [-0.15, -0.1) is 0 Å². The third-order valence-electron chi connectivity index (χ3n) is 4.01. The van der Waals surface area contributed by atoms with E-state index in [1.54, 1.807) is 0 Å². The van der Waals surface area contributed by atoms with Gasteiger partial charge in [-0.3, -0.25) is 0 Å². The van der Waals surface area contributed by atoms with Crippen molar-refractivity contribution >= 4 is 23.9 Å². The van der Waals surface area contributed by atoms with E-state index in [4.69, 9.17) is 29.2 Å². The van der Waals surface area contributed by atoms with Crippen LogP contribution in [0.4, 0.5) is 0 Å². The molecule has 0 rings (SSSR count). The first-order valence-electron chi connectivity index (χ1n) is 10.7. The van der Waals surface area contributed by atoms with Gasteiger partial charge in [0.2, 0.25) is 0 Å². The van der Waals surface area contributed by atoms with E-state index in [9.17, 15) is 19.2 Å². The van der Waals surface area contributed by atoms with E-state index < -0.39 is 23.9 Å². The van der Waals surface area contributed by atoms with Crippen LogP contribution in [0.25, 0.3) is 0 Å². The molecule has 0 aliphatic heterocycles. The third-order valence-corrected chi connectivity index (χ3v) is 4.01. The van der Waals surface area contributed by atoms with Crippen molar-refractivity contribution in [3.8, 4) is 0 Å². The number of rotatable bonds is 19. The maximum Gasteiger partial charge on any atom is 0.334 e. The van der Waals surface area contributed by atoms with Crippen molar-refractivity contribution in [2.45, 2.75) is 52.4 Å². The molecule has 32 heavy (non-hydrogen) atoms. The lowest BCUT2D eigenvalue weighted by molar-refractivity contribution is -0.143. The van der Waals surface area contributed by atoms with Crippen LogP contribution < -0.4 is 0 Å². The van der Waals surface area contributed by atoms with Crippen molar-refractivity contribution in [2.75, 3.05) is 39.6 Å². The lowest BCUT2D eigenvalue weighted by atomic mass is 10.1. The predicted molar refractivity (Wildman–Crippen MR) is 114 cm³/mol. The summed E-state index contributed by atoms with van der Waals surface area (Å²) in [5.74, 6) is -3.72. The number of carbonyl (C=O) groups is 4. The van der Waals surface area contributed by atoms with Crippen LogP contribution in [0.15, 0.2) is 23.3 Å². The molecule has 10 nitrogen and oxygen atoms in total. The van der Waals surface area contributed by atoms with E-state index in [-0.39, 0.29) is 50.8 Å². The van der Waals surface area contributed by atoms with E-state index in [0.717, 1.165) is 25.0 Å². The van der Waals surface area contributed by atoms with Gasteiger partial charge >= 0.3 is 23.9 Å². The summed E-state index contributed by atoms with van der Waals surface area (Å²) in [5.41, 5.74) is 0.238. The zero-order valence-corrected chi connectivity index (χ0v) is 18.8. The number of carboxylic acid groups (broad SMARTS) is 2. The Morgan fingerprint density at radius 1 is 0.625 bits per heavy atom. The van der Waals surface area contributed by atoms with Crippen LogP contribution in [-0.4, -0.2) is 73.7 Å². The Hall–Kier alpha value is -2.72. The van der Waals surface area contributed by atoms with E-state index in [1.807, 2.05) is 13.8 Å². The van der Waals surface area contributed by atoms with Crippen LogP contribution in [0.3, 0.4) is 0 Å². The number of hydrogen-bond acceptors (Lipinski definition) is 8. The summed E-state index contributed by atoms with van der Waals surface area (Å²) in [7, 11) is 0. The summed E-state index contributed by atoms with van der Waals surface area (Å²) in [6, 6.07) is 0. The fraction of sp³-hybridized carbons (Fsp3) is 0.636. The monoisotopic (exact) mass is 458 g/mol. The van der Waals surface area contributed by atoms with Crippen LogP contribution in [0, 0.1) is 0 Å². The zero-order chi connectivity index (χ0) is 24.2. The smallest absolute Gasteiger partial charge is 0.334 e. The second-order valence-corrected chi connectivity index (χ2v) is 6.72. The molecule has 0 bridgehead atoms. The Balaban J connectivity index is 3.93. The van der Waals surface area contributed by atoms with E-state index in [0.29, 0.717) is 25.7 Å². The van der Waals surface area contributed by atoms with Crippen molar-refractivity contribution in [3.05, 3.63) is 23.3 Å². The Bertz CT molecular complexity index is 595. The SMILES string of the molecule is CCCC/C(=C/C(=O)O)C(=O)OCCOCCOCCOC(=O)/C(=C\C(=O)O)CCCC. The summed E-state index contributed by atoms with van der Waals surface area (Å²) in [4.78, 5) is 45.4. The van der Waals surface area contributed by atoms with Crippen LogP contribution >= 0.6 is 0 Å². The van der Waals surface area contributed by atoms with Crippen LogP contribution in [0.1, 0.15) is 52.4 Å².